The number of hydrogen-bond acceptors (Lipinski definition) is 2. The molecule has 0 bridgehead atoms. The molecule has 1 aliphatic rings. The minimum Gasteiger partial charge on any atom is -0.326 e. The first kappa shape index (κ1) is 11.9. The van der Waals surface area contributed by atoms with E-state index in [1.807, 2.05) is 6.07 Å². The highest BCUT2D eigenvalue weighted by Gasteiger charge is 2.16. The molecular weight excluding hydrogens is 220 g/mol. The largest absolute Gasteiger partial charge is 0.326 e. The summed E-state index contributed by atoms with van der Waals surface area (Å²) in [6.45, 7) is 0.544. The zero-order chi connectivity index (χ0) is 11.4. The third-order valence-corrected chi connectivity index (χ3v) is 3.58. The van der Waals surface area contributed by atoms with Gasteiger partial charge in [0.15, 0.2) is 0 Å². The Labute approximate surface area is 102 Å². The fourth-order valence-corrected chi connectivity index (χ4v) is 2.71. The van der Waals surface area contributed by atoms with Gasteiger partial charge in [-0.2, -0.15) is 0 Å². The smallest absolute Gasteiger partial charge is 0.129 e. The predicted molar refractivity (Wildman–Crippen MR) is 67.6 cm³/mol. The van der Waals surface area contributed by atoms with Gasteiger partial charge in [0.25, 0.3) is 0 Å². The zero-order valence-corrected chi connectivity index (χ0v) is 10.3. The number of nitrogens with two attached hydrogens (primary N) is 1. The first-order valence-electron chi connectivity index (χ1n) is 6.16. The Bertz CT molecular complexity index is 344. The molecule has 16 heavy (non-hydrogen) atoms. The Kier molecular flexibility index (Phi) is 4.19. The van der Waals surface area contributed by atoms with E-state index in [1.54, 1.807) is 0 Å². The van der Waals surface area contributed by atoms with Gasteiger partial charge < -0.3 is 5.73 Å². The molecule has 1 saturated carbocycles. The van der Waals surface area contributed by atoms with Gasteiger partial charge in [0, 0.05) is 18.2 Å². The lowest BCUT2D eigenvalue weighted by Gasteiger charge is -2.14. The molecule has 0 saturated heterocycles. The van der Waals surface area contributed by atoms with Crippen molar-refractivity contribution in [2.75, 3.05) is 0 Å². The monoisotopic (exact) mass is 238 g/mol. The summed E-state index contributed by atoms with van der Waals surface area (Å²) in [6.07, 6.45) is 7.85. The predicted octanol–water partition coefficient (Wildman–Crippen LogP) is 3.63. The van der Waals surface area contributed by atoms with Crippen molar-refractivity contribution in [1.29, 1.82) is 0 Å². The van der Waals surface area contributed by atoms with Crippen molar-refractivity contribution in [1.82, 2.24) is 4.98 Å². The number of halogens is 1. The lowest BCUT2D eigenvalue weighted by molar-refractivity contribution is 0.577. The molecule has 1 heterocycles. The molecule has 3 heteroatoms. The molecule has 0 amide bonds. The Morgan fingerprint density at radius 2 is 1.88 bits per heavy atom. The summed E-state index contributed by atoms with van der Waals surface area (Å²) in [6, 6.07) is 3.99. The zero-order valence-electron chi connectivity index (χ0n) is 9.58. The number of pyridine rings is 1. The molecule has 0 aromatic carbocycles. The summed E-state index contributed by atoms with van der Waals surface area (Å²) in [5.74, 6) is 0.589. The molecule has 0 spiro atoms. The molecule has 0 unspecified atom stereocenters. The first-order chi connectivity index (χ1) is 7.79. The molecule has 1 fully saturated rings. The fraction of sp³-hybridized carbons (Fsp3) is 0.615. The highest BCUT2D eigenvalue weighted by molar-refractivity contribution is 6.29. The molecular formula is C13H19ClN2. The van der Waals surface area contributed by atoms with E-state index in [4.69, 9.17) is 17.3 Å². The summed E-state index contributed by atoms with van der Waals surface area (Å²) in [5, 5.41) is 0.585. The van der Waals surface area contributed by atoms with E-state index in [2.05, 4.69) is 11.1 Å². The summed E-state index contributed by atoms with van der Waals surface area (Å²) >= 11 is 6.02. The fourth-order valence-electron chi connectivity index (χ4n) is 2.47. The van der Waals surface area contributed by atoms with Crippen LogP contribution in [0.1, 0.15) is 55.7 Å². The van der Waals surface area contributed by atoms with Crippen molar-refractivity contribution in [3.8, 4) is 0 Å². The summed E-state index contributed by atoms with van der Waals surface area (Å²) in [7, 11) is 0. The Morgan fingerprint density at radius 1 is 1.19 bits per heavy atom. The molecule has 2 N–H and O–H groups in total. The maximum absolute atomic E-state index is 6.02. The van der Waals surface area contributed by atoms with Crippen LogP contribution in [0.4, 0.5) is 0 Å². The second kappa shape index (κ2) is 5.65. The van der Waals surface area contributed by atoms with Gasteiger partial charge in [-0.1, -0.05) is 37.3 Å². The van der Waals surface area contributed by atoms with Gasteiger partial charge in [-0.05, 0) is 30.5 Å². The van der Waals surface area contributed by atoms with Crippen LogP contribution >= 0.6 is 11.6 Å². The van der Waals surface area contributed by atoms with Gasteiger partial charge in [-0.25, -0.2) is 4.98 Å². The van der Waals surface area contributed by atoms with Crippen molar-refractivity contribution in [2.24, 2.45) is 5.73 Å². The van der Waals surface area contributed by atoms with Crippen molar-refractivity contribution in [3.63, 3.8) is 0 Å². The van der Waals surface area contributed by atoms with Crippen LogP contribution in [-0.4, -0.2) is 4.98 Å². The Hall–Kier alpha value is -0.600. The third-order valence-electron chi connectivity index (χ3n) is 3.38. The Balaban J connectivity index is 2.20. The van der Waals surface area contributed by atoms with Crippen LogP contribution in [0.2, 0.25) is 5.15 Å². The molecule has 0 aliphatic heterocycles. The third kappa shape index (κ3) is 2.96. The van der Waals surface area contributed by atoms with Crippen LogP contribution in [-0.2, 0) is 6.54 Å². The quantitative estimate of drug-likeness (QED) is 0.631. The number of aromatic nitrogens is 1. The molecule has 0 atom stereocenters. The van der Waals surface area contributed by atoms with E-state index < -0.39 is 0 Å². The van der Waals surface area contributed by atoms with Crippen molar-refractivity contribution in [2.45, 2.75) is 51.0 Å². The maximum Gasteiger partial charge on any atom is 0.129 e. The topological polar surface area (TPSA) is 38.9 Å². The van der Waals surface area contributed by atoms with Gasteiger partial charge in [0.2, 0.25) is 0 Å². The molecule has 88 valence electrons. The van der Waals surface area contributed by atoms with Crippen LogP contribution in [0, 0.1) is 0 Å². The van der Waals surface area contributed by atoms with Crippen LogP contribution in [0.3, 0.4) is 0 Å². The van der Waals surface area contributed by atoms with Gasteiger partial charge >= 0.3 is 0 Å². The minimum absolute atomic E-state index is 0.544. The van der Waals surface area contributed by atoms with Crippen molar-refractivity contribution >= 4 is 11.6 Å². The van der Waals surface area contributed by atoms with E-state index in [1.165, 1.54) is 38.5 Å². The lowest BCUT2D eigenvalue weighted by Crippen LogP contribution is -2.04. The van der Waals surface area contributed by atoms with E-state index >= 15 is 0 Å². The van der Waals surface area contributed by atoms with Gasteiger partial charge in [-0.15, -0.1) is 0 Å². The van der Waals surface area contributed by atoms with E-state index in [0.717, 1.165) is 11.3 Å². The van der Waals surface area contributed by atoms with Crippen LogP contribution in [0.25, 0.3) is 0 Å². The van der Waals surface area contributed by atoms with E-state index in [-0.39, 0.29) is 0 Å². The van der Waals surface area contributed by atoms with Crippen LogP contribution in [0.5, 0.6) is 0 Å². The van der Waals surface area contributed by atoms with Gasteiger partial charge in [-0.3, -0.25) is 0 Å². The van der Waals surface area contributed by atoms with E-state index in [9.17, 15) is 0 Å². The van der Waals surface area contributed by atoms with Gasteiger partial charge in [0.05, 0.1) is 0 Å². The molecule has 2 nitrogen and oxygen atoms in total. The second-order valence-corrected chi connectivity index (χ2v) is 5.00. The average Bonchev–Trinajstić information content (AvgIpc) is 2.56. The lowest BCUT2D eigenvalue weighted by atomic mass is 9.95. The van der Waals surface area contributed by atoms with Gasteiger partial charge in [0.1, 0.15) is 5.15 Å². The van der Waals surface area contributed by atoms with Crippen LogP contribution in [0.15, 0.2) is 12.1 Å². The SMILES string of the molecule is NCc1cc(Cl)nc(C2CCCCCC2)c1. The number of hydrogen-bond donors (Lipinski definition) is 1. The molecule has 0 radical (unpaired) electrons. The normalized spacial score (nSPS) is 18.4. The Morgan fingerprint density at radius 3 is 2.50 bits per heavy atom. The average molecular weight is 239 g/mol. The molecule has 1 aromatic rings. The maximum atomic E-state index is 6.02. The summed E-state index contributed by atoms with van der Waals surface area (Å²) in [5.41, 5.74) is 7.91. The first-order valence-corrected chi connectivity index (χ1v) is 6.54. The highest BCUT2D eigenvalue weighted by atomic mass is 35.5. The molecule has 2 rings (SSSR count). The second-order valence-electron chi connectivity index (χ2n) is 4.62. The molecule has 1 aliphatic carbocycles. The summed E-state index contributed by atoms with van der Waals surface area (Å²) < 4.78 is 0. The minimum atomic E-state index is 0.544. The highest BCUT2D eigenvalue weighted by Crippen LogP contribution is 2.31. The molecule has 1 aromatic heterocycles. The van der Waals surface area contributed by atoms with E-state index in [0.29, 0.717) is 17.6 Å². The standard InChI is InChI=1S/C13H19ClN2/c14-13-8-10(9-15)7-12(16-13)11-5-3-1-2-4-6-11/h7-8,11H,1-6,9,15H2. The van der Waals surface area contributed by atoms with Crippen molar-refractivity contribution in [3.05, 3.63) is 28.5 Å². The number of rotatable bonds is 2. The number of nitrogens with zero attached hydrogens (tertiary/aromatic N) is 1. The van der Waals surface area contributed by atoms with Crippen LogP contribution < -0.4 is 5.73 Å². The summed E-state index contributed by atoms with van der Waals surface area (Å²) in [4.78, 5) is 4.46. The van der Waals surface area contributed by atoms with Crippen molar-refractivity contribution < 1.29 is 0 Å².